The minimum absolute atomic E-state index is 0. The first-order valence-electron chi connectivity index (χ1n) is 26.6. The van der Waals surface area contributed by atoms with Crippen molar-refractivity contribution in [3.63, 3.8) is 0 Å². The number of ether oxygens (including phenoxy) is 2. The van der Waals surface area contributed by atoms with Gasteiger partial charge in [0.2, 0.25) is 0 Å². The molecule has 0 atom stereocenters. The average Bonchev–Trinajstić information content (AvgIpc) is 3.84. The number of aromatic nitrogens is 2. The summed E-state index contributed by atoms with van der Waals surface area (Å²) < 4.78 is 18.5. The van der Waals surface area contributed by atoms with Crippen LogP contribution in [-0.2, 0) is 13.1 Å². The van der Waals surface area contributed by atoms with Crippen molar-refractivity contribution in [3.8, 4) is 82.5 Å². The largest absolute Gasteiger partial charge is 0.493 e. The molecule has 68 heavy (non-hydrogen) atoms. The maximum absolute atomic E-state index is 6.98. The van der Waals surface area contributed by atoms with E-state index >= 15 is 0 Å². The molecule has 0 aliphatic rings. The van der Waals surface area contributed by atoms with E-state index in [1.807, 2.05) is 0 Å². The molecule has 6 aromatic rings. The molecule has 0 saturated carbocycles. The Labute approximate surface area is 425 Å². The second-order valence-corrected chi connectivity index (χ2v) is 18.6. The third kappa shape index (κ3) is 14.9. The van der Waals surface area contributed by atoms with Gasteiger partial charge in [0, 0.05) is 107 Å². The average molecular weight is 925 g/mol. The number of rotatable bonds is 30. The molecule has 0 aliphatic heterocycles. The summed E-state index contributed by atoms with van der Waals surface area (Å²) in [5.41, 5.74) is 6.83. The highest BCUT2D eigenvalue weighted by Crippen LogP contribution is 2.45. The summed E-state index contributed by atoms with van der Waals surface area (Å²) in [4.78, 5) is 0. The van der Waals surface area contributed by atoms with E-state index in [0.717, 1.165) is 54.7 Å². The van der Waals surface area contributed by atoms with Crippen molar-refractivity contribution in [2.24, 2.45) is 0 Å². The molecule has 4 nitrogen and oxygen atoms in total. The molecule has 0 bridgehead atoms. The minimum atomic E-state index is 0. The Morgan fingerprint density at radius 2 is 0.809 bits per heavy atom. The van der Waals surface area contributed by atoms with E-state index in [1.165, 1.54) is 173 Å². The number of hydrogen-bond donors (Lipinski definition) is 0. The fourth-order valence-electron chi connectivity index (χ4n) is 9.78. The van der Waals surface area contributed by atoms with Crippen LogP contribution >= 0.6 is 0 Å². The Balaban J connectivity index is -0.00000178. The van der Waals surface area contributed by atoms with Gasteiger partial charge in [-0.15, -0.1) is 6.42 Å². The Bertz CT molecular complexity index is 2860. The van der Waals surface area contributed by atoms with Gasteiger partial charge in [0.1, 0.15) is 17.6 Å². The molecular formula is C64H96N2O2. The highest BCUT2D eigenvalue weighted by Gasteiger charge is 2.22. The molecule has 0 radical (unpaired) electrons. The van der Waals surface area contributed by atoms with Crippen LogP contribution in [0, 0.1) is 59.9 Å². The zero-order valence-electron chi connectivity index (χ0n) is 41.8. The highest BCUT2D eigenvalue weighted by molar-refractivity contribution is 6.13. The third-order valence-corrected chi connectivity index (χ3v) is 13.4. The summed E-state index contributed by atoms with van der Waals surface area (Å²) in [6, 6.07) is 26.9. The Kier molecular flexibility index (Phi) is 22.3. The molecule has 0 amide bonds. The van der Waals surface area contributed by atoms with E-state index in [2.05, 4.69) is 156 Å². The molecule has 2 heterocycles. The lowest BCUT2D eigenvalue weighted by Gasteiger charge is -2.17. The fourth-order valence-corrected chi connectivity index (χ4v) is 9.78. The van der Waals surface area contributed by atoms with Crippen molar-refractivity contribution in [1.82, 2.24) is 9.13 Å². The van der Waals surface area contributed by atoms with E-state index in [4.69, 9.17) is 15.9 Å². The molecule has 0 N–H and O–H groups in total. The number of benzene rings is 4. The molecule has 0 saturated heterocycles. The van der Waals surface area contributed by atoms with Gasteiger partial charge in [0.05, 0.1) is 17.6 Å². The Hall–Kier alpha value is -6.12. The van der Waals surface area contributed by atoms with Gasteiger partial charge in [0.15, 0.2) is 0 Å². The first-order chi connectivity index (χ1) is 33.7. The van der Waals surface area contributed by atoms with Crippen LogP contribution in [0.4, 0.5) is 0 Å². The van der Waals surface area contributed by atoms with Crippen molar-refractivity contribution in [3.05, 3.63) is 72.8 Å². The van der Waals surface area contributed by atoms with E-state index in [1.54, 1.807) is 0 Å². The van der Waals surface area contributed by atoms with Crippen LogP contribution in [0.1, 0.15) is 189 Å². The number of terminal acetylenes is 1. The van der Waals surface area contributed by atoms with Crippen LogP contribution in [0.2, 0.25) is 0 Å². The van der Waals surface area contributed by atoms with Crippen LogP contribution in [0.3, 0.4) is 0 Å². The van der Waals surface area contributed by atoms with Gasteiger partial charge in [0.25, 0.3) is 0 Å². The van der Waals surface area contributed by atoms with Crippen LogP contribution in [0.5, 0.6) is 11.5 Å². The molecule has 4 aromatic carbocycles. The molecule has 0 fully saturated rings. The number of unbranched alkanes of at least 4 members (excludes halogenated alkanes) is 21. The monoisotopic (exact) mass is 925 g/mol. The quantitative estimate of drug-likeness (QED) is 0.0333. The summed E-state index contributed by atoms with van der Waals surface area (Å²) in [5.74, 6) is 22.7. The number of fused-ring (bicyclic) bond motifs is 6. The Morgan fingerprint density at radius 1 is 0.412 bits per heavy atom. The van der Waals surface area contributed by atoms with E-state index in [9.17, 15) is 0 Å². The summed E-state index contributed by atoms with van der Waals surface area (Å²) in [6.07, 6.45) is 38.7. The second-order valence-electron chi connectivity index (χ2n) is 18.6. The van der Waals surface area contributed by atoms with Gasteiger partial charge >= 0.3 is 0 Å². The molecule has 374 valence electrons. The zero-order chi connectivity index (χ0) is 47.4. The van der Waals surface area contributed by atoms with Gasteiger partial charge < -0.3 is 18.6 Å². The molecular weight excluding hydrogens is 829 g/mol. The molecule has 0 spiro atoms. The standard InChI is InChI=1S/C64H76N2O2.10H2/c1-5-9-13-17-21-25-29-37-45-65-59-43-35-33-41-53(59)55-49-57(63(51-61(55)65)67-47-39-31-27-23-19-15-11-7-3)58-50-56-54-42-34-36-44-60(54)66(46-38-30-26-22-18-14-10-6-2)62(56)52-64(58)68-48-40-32-28-24-20-16-12-8-4;;;;;;;;;;/h3,33-36,41-44,49-52H,5-6,8-10,12-14,16-18,20-22,24-26,28-30,32,37-38,40,45-46,48H2,1-2,4H3;10*1H. The summed E-state index contributed by atoms with van der Waals surface area (Å²) in [7, 11) is 0. The molecule has 4 heteroatoms. The normalized spacial score (nSPS) is 10.8. The van der Waals surface area contributed by atoms with Gasteiger partial charge in [-0.3, -0.25) is 0 Å². The lowest BCUT2D eigenvalue weighted by atomic mass is 9.98. The van der Waals surface area contributed by atoms with Gasteiger partial charge in [-0.1, -0.05) is 192 Å². The highest BCUT2D eigenvalue weighted by atomic mass is 16.5. The van der Waals surface area contributed by atoms with Crippen LogP contribution < -0.4 is 9.47 Å². The predicted molar refractivity (Wildman–Crippen MR) is 313 cm³/mol. The van der Waals surface area contributed by atoms with E-state index in [0.29, 0.717) is 12.4 Å². The van der Waals surface area contributed by atoms with E-state index in [-0.39, 0.29) is 14.3 Å². The second kappa shape index (κ2) is 29.6. The van der Waals surface area contributed by atoms with Gasteiger partial charge in [-0.05, 0) is 67.2 Å². The van der Waals surface area contributed by atoms with Gasteiger partial charge in [-0.25, -0.2) is 0 Å². The summed E-state index contributed by atoms with van der Waals surface area (Å²) in [5, 5.41) is 4.92. The van der Waals surface area contributed by atoms with Crippen LogP contribution in [-0.4, -0.2) is 15.7 Å². The predicted octanol–water partition coefficient (Wildman–Crippen LogP) is 19.8. The third-order valence-electron chi connectivity index (χ3n) is 13.4. The summed E-state index contributed by atoms with van der Waals surface area (Å²) >= 11 is 0. The number of para-hydroxylation sites is 2. The molecule has 0 aliphatic carbocycles. The van der Waals surface area contributed by atoms with Gasteiger partial charge in [-0.2, -0.15) is 0 Å². The number of hydrogen-bond acceptors (Lipinski definition) is 2. The van der Waals surface area contributed by atoms with Crippen LogP contribution in [0.25, 0.3) is 54.7 Å². The van der Waals surface area contributed by atoms with Crippen LogP contribution in [0.15, 0.2) is 72.8 Å². The van der Waals surface area contributed by atoms with Crippen molar-refractivity contribution < 1.29 is 23.7 Å². The minimum Gasteiger partial charge on any atom is -0.493 e. The molecule has 2 aromatic heterocycles. The first-order valence-corrected chi connectivity index (χ1v) is 26.6. The lowest BCUT2D eigenvalue weighted by molar-refractivity contribution is 0.305. The Morgan fingerprint density at radius 3 is 1.29 bits per heavy atom. The van der Waals surface area contributed by atoms with Crippen molar-refractivity contribution in [2.45, 2.75) is 188 Å². The SMILES string of the molecule is C#CC#CC#CC#CC#COc1cc2c(cc1-c1cc3c4ccccc4n(CCCCCCCCCC)c3cc1OCCCCCCCCCC)c1ccccc1n2CCCCCCCCCC.[HH].[HH].[HH].[HH].[HH].[HH].[HH].[HH].[HH].[HH]. The van der Waals surface area contributed by atoms with Crippen molar-refractivity contribution in [2.75, 3.05) is 6.61 Å². The molecule has 0 unspecified atom stereocenters. The van der Waals surface area contributed by atoms with Crippen molar-refractivity contribution in [1.29, 1.82) is 0 Å². The maximum Gasteiger partial charge on any atom is 0.150 e. The summed E-state index contributed by atoms with van der Waals surface area (Å²) in [6.45, 7) is 9.43. The molecule has 6 rings (SSSR count). The zero-order valence-corrected chi connectivity index (χ0v) is 41.8. The lowest BCUT2D eigenvalue weighted by Crippen LogP contribution is -2.02. The number of aryl methyl sites for hydroxylation is 2. The number of nitrogens with zero attached hydrogens (tertiary/aromatic N) is 2. The van der Waals surface area contributed by atoms with E-state index < -0.39 is 0 Å². The van der Waals surface area contributed by atoms with Crippen molar-refractivity contribution >= 4 is 43.6 Å². The smallest absolute Gasteiger partial charge is 0.150 e. The maximum atomic E-state index is 6.98. The first kappa shape index (κ1) is 51.3. The fraction of sp³-hybridized carbons (Fsp3) is 0.469. The topological polar surface area (TPSA) is 28.3 Å².